The summed E-state index contributed by atoms with van der Waals surface area (Å²) in [7, 11) is 0. The number of alkyl halides is 3. The van der Waals surface area contributed by atoms with Crippen LogP contribution in [0.15, 0.2) is 29.2 Å². The van der Waals surface area contributed by atoms with E-state index in [-0.39, 0.29) is 11.7 Å². The van der Waals surface area contributed by atoms with Crippen molar-refractivity contribution in [3.63, 3.8) is 0 Å². The molecule has 0 saturated carbocycles. The molecule has 1 aromatic heterocycles. The summed E-state index contributed by atoms with van der Waals surface area (Å²) in [5, 5.41) is 12.6. The summed E-state index contributed by atoms with van der Waals surface area (Å²) in [5.41, 5.74) is 0.808. The van der Waals surface area contributed by atoms with Crippen LogP contribution >= 0.6 is 23.1 Å². The van der Waals surface area contributed by atoms with Crippen LogP contribution in [0.2, 0.25) is 0 Å². The largest absolute Gasteiger partial charge is 0.416 e. The number of halogens is 3. The molecule has 1 aliphatic carbocycles. The van der Waals surface area contributed by atoms with E-state index in [2.05, 4.69) is 11.4 Å². The lowest BCUT2D eigenvalue weighted by Gasteiger charge is -2.08. The van der Waals surface area contributed by atoms with Gasteiger partial charge in [0.15, 0.2) is 0 Å². The number of rotatable bonds is 4. The van der Waals surface area contributed by atoms with Crippen molar-refractivity contribution in [1.29, 1.82) is 5.26 Å². The highest BCUT2D eigenvalue weighted by atomic mass is 32.2. The van der Waals surface area contributed by atoms with Crippen LogP contribution in [-0.4, -0.2) is 11.7 Å². The van der Waals surface area contributed by atoms with Crippen molar-refractivity contribution in [2.75, 3.05) is 11.1 Å². The van der Waals surface area contributed by atoms with Gasteiger partial charge >= 0.3 is 6.18 Å². The van der Waals surface area contributed by atoms with Gasteiger partial charge in [-0.2, -0.15) is 18.4 Å². The number of hydrogen-bond donors (Lipinski definition) is 1. The van der Waals surface area contributed by atoms with Crippen LogP contribution in [-0.2, 0) is 23.8 Å². The van der Waals surface area contributed by atoms with Gasteiger partial charge in [0.2, 0.25) is 5.91 Å². The molecule has 0 spiro atoms. The predicted octanol–water partition coefficient (Wildman–Crippen LogP) is 4.86. The van der Waals surface area contributed by atoms with Crippen molar-refractivity contribution >= 4 is 34.0 Å². The Morgan fingerprint density at radius 2 is 2.16 bits per heavy atom. The second kappa shape index (κ2) is 7.10. The topological polar surface area (TPSA) is 52.9 Å². The molecule has 3 rings (SSSR count). The van der Waals surface area contributed by atoms with Gasteiger partial charge in [-0.05, 0) is 43.0 Å². The van der Waals surface area contributed by atoms with Gasteiger partial charge in [0, 0.05) is 9.77 Å². The number of thiophene rings is 1. The first-order valence-corrected chi connectivity index (χ1v) is 9.33. The molecule has 130 valence electrons. The number of carbonyl (C=O) groups is 1. The standard InChI is InChI=1S/C17H13F3N2OS2/c18-17(19,20)10-3-1-4-11(7-10)24-9-15(23)22-16-13(8-21)12-5-2-6-14(12)25-16/h1,3-4,7H,2,5-6,9H2,(H,22,23). The molecule has 1 aromatic carbocycles. The normalized spacial score (nSPS) is 13.4. The fourth-order valence-corrected chi connectivity index (χ4v) is 4.70. The summed E-state index contributed by atoms with van der Waals surface area (Å²) in [6.45, 7) is 0. The van der Waals surface area contributed by atoms with E-state index < -0.39 is 11.7 Å². The molecular formula is C17H13F3N2OS2. The molecule has 0 saturated heterocycles. The first-order chi connectivity index (χ1) is 11.9. The lowest BCUT2D eigenvalue weighted by Crippen LogP contribution is -2.14. The van der Waals surface area contributed by atoms with Gasteiger partial charge in [-0.3, -0.25) is 4.79 Å². The fraction of sp³-hybridized carbons (Fsp3) is 0.294. The molecule has 1 amide bonds. The van der Waals surface area contributed by atoms with Gasteiger partial charge in [-0.15, -0.1) is 23.1 Å². The number of carbonyl (C=O) groups excluding carboxylic acids is 1. The van der Waals surface area contributed by atoms with Gasteiger partial charge in [-0.1, -0.05) is 6.07 Å². The first kappa shape index (κ1) is 17.8. The average Bonchev–Trinajstić information content (AvgIpc) is 3.13. The zero-order valence-corrected chi connectivity index (χ0v) is 14.6. The lowest BCUT2D eigenvalue weighted by molar-refractivity contribution is -0.137. The summed E-state index contributed by atoms with van der Waals surface area (Å²) in [6.07, 6.45) is -1.61. The summed E-state index contributed by atoms with van der Waals surface area (Å²) in [6, 6.07) is 7.02. The highest BCUT2D eigenvalue weighted by Crippen LogP contribution is 2.38. The van der Waals surface area contributed by atoms with Crippen LogP contribution in [0.25, 0.3) is 0 Å². The number of benzene rings is 1. The Morgan fingerprint density at radius 3 is 2.88 bits per heavy atom. The Morgan fingerprint density at radius 1 is 1.36 bits per heavy atom. The first-order valence-electron chi connectivity index (χ1n) is 7.53. The average molecular weight is 382 g/mol. The number of fused-ring (bicyclic) bond motifs is 1. The second-order valence-electron chi connectivity index (χ2n) is 5.54. The Balaban J connectivity index is 1.64. The number of anilines is 1. The summed E-state index contributed by atoms with van der Waals surface area (Å²) >= 11 is 2.45. The van der Waals surface area contributed by atoms with Crippen LogP contribution in [0.3, 0.4) is 0 Å². The van der Waals surface area contributed by atoms with E-state index in [1.165, 1.54) is 23.5 Å². The maximum atomic E-state index is 12.7. The zero-order chi connectivity index (χ0) is 18.0. The van der Waals surface area contributed by atoms with Crippen molar-refractivity contribution in [2.45, 2.75) is 30.3 Å². The number of hydrogen-bond acceptors (Lipinski definition) is 4. The smallest absolute Gasteiger partial charge is 0.316 e. The van der Waals surface area contributed by atoms with Crippen molar-refractivity contribution in [3.05, 3.63) is 45.8 Å². The lowest BCUT2D eigenvalue weighted by atomic mass is 10.1. The second-order valence-corrected chi connectivity index (χ2v) is 7.69. The van der Waals surface area contributed by atoms with Crippen LogP contribution in [0.1, 0.15) is 28.0 Å². The van der Waals surface area contributed by atoms with Crippen molar-refractivity contribution < 1.29 is 18.0 Å². The van der Waals surface area contributed by atoms with E-state index in [1.807, 2.05) is 0 Å². The van der Waals surface area contributed by atoms with Crippen LogP contribution in [0.4, 0.5) is 18.2 Å². The van der Waals surface area contributed by atoms with E-state index in [9.17, 15) is 23.2 Å². The molecule has 25 heavy (non-hydrogen) atoms. The van der Waals surface area contributed by atoms with Crippen LogP contribution < -0.4 is 5.32 Å². The van der Waals surface area contributed by atoms with Crippen molar-refractivity contribution in [3.8, 4) is 6.07 Å². The third kappa shape index (κ3) is 3.99. The van der Waals surface area contributed by atoms with E-state index >= 15 is 0 Å². The number of thioether (sulfide) groups is 1. The molecule has 2 aromatic rings. The number of nitrogens with one attached hydrogen (secondary N) is 1. The Hall–Kier alpha value is -1.98. The maximum Gasteiger partial charge on any atom is 0.416 e. The molecular weight excluding hydrogens is 369 g/mol. The minimum absolute atomic E-state index is 0.0191. The molecule has 0 aliphatic heterocycles. The third-order valence-electron chi connectivity index (χ3n) is 3.82. The molecule has 0 atom stereocenters. The molecule has 0 bridgehead atoms. The van der Waals surface area contributed by atoms with Gasteiger partial charge < -0.3 is 5.32 Å². The number of amides is 1. The molecule has 8 heteroatoms. The molecule has 1 heterocycles. The van der Waals surface area contributed by atoms with Gasteiger partial charge in [0.05, 0.1) is 16.9 Å². The van der Waals surface area contributed by atoms with Crippen molar-refractivity contribution in [2.24, 2.45) is 0 Å². The highest BCUT2D eigenvalue weighted by molar-refractivity contribution is 8.00. The van der Waals surface area contributed by atoms with E-state index in [0.717, 1.165) is 53.6 Å². The maximum absolute atomic E-state index is 12.7. The number of nitrogens with zero attached hydrogens (tertiary/aromatic N) is 1. The van der Waals surface area contributed by atoms with Gasteiger partial charge in [0.1, 0.15) is 11.1 Å². The van der Waals surface area contributed by atoms with Gasteiger partial charge in [0.25, 0.3) is 0 Å². The minimum Gasteiger partial charge on any atom is -0.316 e. The highest BCUT2D eigenvalue weighted by Gasteiger charge is 2.30. The van der Waals surface area contributed by atoms with Gasteiger partial charge in [-0.25, -0.2) is 0 Å². The van der Waals surface area contributed by atoms with E-state index in [1.54, 1.807) is 0 Å². The Labute approximate surface area is 150 Å². The molecule has 1 aliphatic rings. The van der Waals surface area contributed by atoms with Crippen LogP contribution in [0.5, 0.6) is 0 Å². The third-order valence-corrected chi connectivity index (χ3v) is 6.02. The monoisotopic (exact) mass is 382 g/mol. The quantitative estimate of drug-likeness (QED) is 0.769. The SMILES string of the molecule is N#Cc1c(NC(=O)CSc2cccc(C(F)(F)F)c2)sc2c1CCC2. The van der Waals surface area contributed by atoms with E-state index in [4.69, 9.17) is 0 Å². The van der Waals surface area contributed by atoms with Crippen LogP contribution in [0, 0.1) is 11.3 Å². The molecule has 0 radical (unpaired) electrons. The zero-order valence-electron chi connectivity index (χ0n) is 12.9. The minimum atomic E-state index is -4.40. The Kier molecular flexibility index (Phi) is 5.06. The van der Waals surface area contributed by atoms with E-state index in [0.29, 0.717) is 15.5 Å². The number of nitriles is 1. The molecule has 1 N–H and O–H groups in total. The summed E-state index contributed by atoms with van der Waals surface area (Å²) in [5.74, 6) is -0.354. The molecule has 0 fully saturated rings. The van der Waals surface area contributed by atoms with Crippen molar-refractivity contribution in [1.82, 2.24) is 0 Å². The molecule has 3 nitrogen and oxygen atoms in total. The number of aryl methyl sites for hydroxylation is 1. The predicted molar refractivity (Wildman–Crippen MR) is 91.9 cm³/mol. The summed E-state index contributed by atoms with van der Waals surface area (Å²) in [4.78, 5) is 13.6. The fourth-order valence-electron chi connectivity index (χ4n) is 2.68. The Bertz CT molecular complexity index is 853. The molecule has 0 unspecified atom stereocenters. The summed E-state index contributed by atoms with van der Waals surface area (Å²) < 4.78 is 38.1.